The molecule has 0 aliphatic rings. The molecular weight excluding hydrogens is 234 g/mol. The van der Waals surface area contributed by atoms with Gasteiger partial charge in [-0.1, -0.05) is 45.0 Å². The molecule has 1 rings (SSSR count). The van der Waals surface area contributed by atoms with Gasteiger partial charge in [-0.15, -0.1) is 0 Å². The normalized spacial score (nSPS) is 13.1. The van der Waals surface area contributed by atoms with Gasteiger partial charge in [0, 0.05) is 13.1 Å². The summed E-state index contributed by atoms with van der Waals surface area (Å²) >= 11 is 0. The Morgan fingerprint density at radius 3 is 1.95 bits per heavy atom. The molecule has 0 atom stereocenters. The topological polar surface area (TPSA) is 23.5 Å². The summed E-state index contributed by atoms with van der Waals surface area (Å²) in [5.41, 5.74) is 2.33. The van der Waals surface area contributed by atoms with E-state index in [0.29, 0.717) is 6.54 Å². The molecule has 0 heterocycles. The van der Waals surface area contributed by atoms with E-state index in [4.69, 9.17) is 0 Å². The van der Waals surface area contributed by atoms with Crippen LogP contribution in [0.4, 0.5) is 0 Å². The molecule has 1 aromatic carbocycles. The lowest BCUT2D eigenvalue weighted by molar-refractivity contribution is 0.0450. The van der Waals surface area contributed by atoms with Crippen molar-refractivity contribution in [3.63, 3.8) is 0 Å². The first-order valence-electron chi connectivity index (χ1n) is 7.08. The molecule has 0 radical (unpaired) electrons. The fourth-order valence-corrected chi connectivity index (χ4v) is 2.23. The molecule has 0 saturated carbocycles. The molecule has 2 nitrogen and oxygen atoms in total. The SMILES string of the molecule is CN(CCc1ccc(C(C)(C)C)cc1)CC(C)(C)O. The zero-order valence-electron chi connectivity index (χ0n) is 13.3. The molecule has 108 valence electrons. The van der Waals surface area contributed by atoms with Crippen LogP contribution in [0.1, 0.15) is 45.7 Å². The van der Waals surface area contributed by atoms with Crippen molar-refractivity contribution >= 4 is 0 Å². The summed E-state index contributed by atoms with van der Waals surface area (Å²) < 4.78 is 0. The molecule has 0 fully saturated rings. The Labute approximate surface area is 118 Å². The number of benzene rings is 1. The summed E-state index contributed by atoms with van der Waals surface area (Å²) in [5, 5.41) is 9.77. The third-order valence-corrected chi connectivity index (χ3v) is 3.26. The second kappa shape index (κ2) is 6.06. The molecule has 19 heavy (non-hydrogen) atoms. The highest BCUT2D eigenvalue weighted by atomic mass is 16.3. The van der Waals surface area contributed by atoms with Crippen molar-refractivity contribution in [1.82, 2.24) is 4.90 Å². The van der Waals surface area contributed by atoms with E-state index in [1.807, 2.05) is 13.8 Å². The van der Waals surface area contributed by atoms with Crippen LogP contribution in [0.2, 0.25) is 0 Å². The van der Waals surface area contributed by atoms with Gasteiger partial charge in [0.1, 0.15) is 0 Å². The van der Waals surface area contributed by atoms with Crippen LogP contribution in [-0.4, -0.2) is 35.7 Å². The highest BCUT2D eigenvalue weighted by Crippen LogP contribution is 2.22. The highest BCUT2D eigenvalue weighted by molar-refractivity contribution is 5.27. The van der Waals surface area contributed by atoms with E-state index in [0.717, 1.165) is 13.0 Å². The van der Waals surface area contributed by atoms with Gasteiger partial charge < -0.3 is 10.0 Å². The standard InChI is InChI=1S/C17H29NO/c1-16(2,3)15-9-7-14(8-10-15)11-12-18(6)13-17(4,5)19/h7-10,19H,11-13H2,1-6H3. The fraction of sp³-hybridized carbons (Fsp3) is 0.647. The fourth-order valence-electron chi connectivity index (χ4n) is 2.23. The van der Waals surface area contributed by atoms with Crippen molar-refractivity contribution < 1.29 is 5.11 Å². The maximum absolute atomic E-state index is 9.77. The highest BCUT2D eigenvalue weighted by Gasteiger charge is 2.15. The van der Waals surface area contributed by atoms with Gasteiger partial charge in [0.2, 0.25) is 0 Å². The Hall–Kier alpha value is -0.860. The van der Waals surface area contributed by atoms with E-state index in [2.05, 4.69) is 57.0 Å². The zero-order valence-corrected chi connectivity index (χ0v) is 13.3. The number of rotatable bonds is 5. The minimum absolute atomic E-state index is 0.218. The quantitative estimate of drug-likeness (QED) is 0.881. The smallest absolute Gasteiger partial charge is 0.0718 e. The first-order valence-corrected chi connectivity index (χ1v) is 7.08. The predicted octanol–water partition coefficient (Wildman–Crippen LogP) is 3.23. The van der Waals surface area contributed by atoms with Crippen LogP contribution in [0.15, 0.2) is 24.3 Å². The van der Waals surface area contributed by atoms with E-state index in [1.54, 1.807) is 0 Å². The van der Waals surface area contributed by atoms with Gasteiger partial charge in [0.25, 0.3) is 0 Å². The Morgan fingerprint density at radius 2 is 1.53 bits per heavy atom. The van der Waals surface area contributed by atoms with Gasteiger partial charge in [-0.25, -0.2) is 0 Å². The minimum Gasteiger partial charge on any atom is -0.389 e. The van der Waals surface area contributed by atoms with Crippen LogP contribution in [0, 0.1) is 0 Å². The number of likely N-dealkylation sites (N-methyl/N-ethyl adjacent to an activating group) is 1. The molecule has 0 aliphatic heterocycles. The van der Waals surface area contributed by atoms with Crippen LogP contribution in [0.25, 0.3) is 0 Å². The maximum Gasteiger partial charge on any atom is 0.0718 e. The number of hydrogen-bond acceptors (Lipinski definition) is 2. The Bertz CT molecular complexity index is 381. The van der Waals surface area contributed by atoms with E-state index < -0.39 is 5.60 Å². The third-order valence-electron chi connectivity index (χ3n) is 3.26. The van der Waals surface area contributed by atoms with E-state index in [9.17, 15) is 5.11 Å². The van der Waals surface area contributed by atoms with Crippen molar-refractivity contribution in [3.8, 4) is 0 Å². The van der Waals surface area contributed by atoms with Gasteiger partial charge in [-0.2, -0.15) is 0 Å². The first-order chi connectivity index (χ1) is 8.58. The molecule has 0 saturated heterocycles. The lowest BCUT2D eigenvalue weighted by atomic mass is 9.86. The summed E-state index contributed by atoms with van der Waals surface area (Å²) in [6.07, 6.45) is 1.02. The van der Waals surface area contributed by atoms with Crippen LogP contribution in [0.5, 0.6) is 0 Å². The largest absolute Gasteiger partial charge is 0.389 e. The second-order valence-electron chi connectivity index (χ2n) is 7.25. The molecule has 0 aromatic heterocycles. The first kappa shape index (κ1) is 16.2. The maximum atomic E-state index is 9.77. The summed E-state index contributed by atoms with van der Waals surface area (Å²) in [4.78, 5) is 2.18. The zero-order chi connectivity index (χ0) is 14.7. The predicted molar refractivity (Wildman–Crippen MR) is 82.6 cm³/mol. The molecule has 1 N–H and O–H groups in total. The third kappa shape index (κ3) is 6.22. The van der Waals surface area contributed by atoms with Crippen molar-refractivity contribution in [2.45, 2.75) is 52.1 Å². The van der Waals surface area contributed by atoms with Crippen molar-refractivity contribution in [3.05, 3.63) is 35.4 Å². The summed E-state index contributed by atoms with van der Waals surface area (Å²) in [6.45, 7) is 12.1. The van der Waals surface area contributed by atoms with Crippen LogP contribution in [0.3, 0.4) is 0 Å². The van der Waals surface area contributed by atoms with Crippen molar-refractivity contribution in [1.29, 1.82) is 0 Å². The molecule has 0 amide bonds. The number of nitrogens with zero attached hydrogens (tertiary/aromatic N) is 1. The van der Waals surface area contributed by atoms with Gasteiger partial charge in [-0.05, 0) is 43.9 Å². The monoisotopic (exact) mass is 263 g/mol. The molecule has 0 spiro atoms. The van der Waals surface area contributed by atoms with E-state index >= 15 is 0 Å². The molecule has 2 heteroatoms. The Balaban J connectivity index is 2.51. The number of aliphatic hydroxyl groups is 1. The lowest BCUT2D eigenvalue weighted by Crippen LogP contribution is -2.37. The van der Waals surface area contributed by atoms with Crippen molar-refractivity contribution in [2.24, 2.45) is 0 Å². The molecule has 1 aromatic rings. The number of hydrogen-bond donors (Lipinski definition) is 1. The van der Waals surface area contributed by atoms with Crippen molar-refractivity contribution in [2.75, 3.05) is 20.1 Å². The average Bonchev–Trinajstić information content (AvgIpc) is 2.23. The molecule has 0 bridgehead atoms. The molecule has 0 unspecified atom stereocenters. The minimum atomic E-state index is -0.620. The molecule has 0 aliphatic carbocycles. The van der Waals surface area contributed by atoms with Gasteiger partial charge in [-0.3, -0.25) is 0 Å². The van der Waals surface area contributed by atoms with E-state index in [1.165, 1.54) is 11.1 Å². The Morgan fingerprint density at radius 1 is 1.00 bits per heavy atom. The Kier molecular flexibility index (Phi) is 5.17. The molecular formula is C17H29NO. The lowest BCUT2D eigenvalue weighted by Gasteiger charge is -2.25. The van der Waals surface area contributed by atoms with Crippen LogP contribution < -0.4 is 0 Å². The summed E-state index contributed by atoms with van der Waals surface area (Å²) in [5.74, 6) is 0. The van der Waals surface area contributed by atoms with Gasteiger partial charge in [0.05, 0.1) is 5.60 Å². The second-order valence-corrected chi connectivity index (χ2v) is 7.25. The van der Waals surface area contributed by atoms with Crippen LogP contribution >= 0.6 is 0 Å². The van der Waals surface area contributed by atoms with Gasteiger partial charge in [0.15, 0.2) is 0 Å². The van der Waals surface area contributed by atoms with Crippen LogP contribution in [-0.2, 0) is 11.8 Å². The summed E-state index contributed by atoms with van der Waals surface area (Å²) in [6, 6.07) is 8.90. The average molecular weight is 263 g/mol. The van der Waals surface area contributed by atoms with E-state index in [-0.39, 0.29) is 5.41 Å². The summed E-state index contributed by atoms with van der Waals surface area (Å²) in [7, 11) is 2.06. The van der Waals surface area contributed by atoms with Gasteiger partial charge >= 0.3 is 0 Å².